The fraction of sp³-hybridized carbons (Fsp3) is 0.588. The number of hydrogen-bond acceptors (Lipinski definition) is 0. The van der Waals surface area contributed by atoms with Crippen molar-refractivity contribution in [2.75, 3.05) is 0 Å². The predicted octanol–water partition coefficient (Wildman–Crippen LogP) is 10.9. The standard InChI is InChI=1S/C21H34.C13H18/c1-4-10-18-15-20(19-11-8-7-9-12-19)17-21(16-18,13-5-2)14-6-3;1-10(2)9-12-7-5-6-8-13(12)11(3)4/h7-9,11-12,18,20H,4-6,10,13-17H2,1-3H3;5-8,10H,3,9H2,1-2,4H3. The molecule has 0 aliphatic heterocycles. The Hall–Kier alpha value is -1.82. The fourth-order valence-corrected chi connectivity index (χ4v) is 6.54. The molecule has 3 rings (SSSR count). The molecule has 2 aromatic rings. The molecule has 0 saturated heterocycles. The molecule has 0 heteroatoms. The topological polar surface area (TPSA) is 0 Å². The van der Waals surface area contributed by atoms with Crippen molar-refractivity contribution in [1.82, 2.24) is 0 Å². The van der Waals surface area contributed by atoms with Crippen LogP contribution in [0.15, 0.2) is 61.2 Å². The molecule has 1 fully saturated rings. The van der Waals surface area contributed by atoms with Gasteiger partial charge in [0.2, 0.25) is 0 Å². The lowest BCUT2D eigenvalue weighted by Crippen LogP contribution is -2.32. The second kappa shape index (κ2) is 14.6. The SMILES string of the molecule is C=C(C)c1ccccc1CC(C)C.CCCC1CC(c2ccccc2)CC(CCC)(CCC)C1. The Morgan fingerprint density at radius 2 is 1.50 bits per heavy atom. The first-order valence-electron chi connectivity index (χ1n) is 14.1. The van der Waals surface area contributed by atoms with E-state index in [1.807, 2.05) is 0 Å². The van der Waals surface area contributed by atoms with Crippen LogP contribution in [0.5, 0.6) is 0 Å². The highest BCUT2D eigenvalue weighted by atomic mass is 14.4. The largest absolute Gasteiger partial charge is 0.0955 e. The summed E-state index contributed by atoms with van der Waals surface area (Å²) >= 11 is 0. The maximum absolute atomic E-state index is 3.99. The fourth-order valence-electron chi connectivity index (χ4n) is 6.54. The van der Waals surface area contributed by atoms with Gasteiger partial charge in [0, 0.05) is 0 Å². The van der Waals surface area contributed by atoms with Crippen molar-refractivity contribution in [3.63, 3.8) is 0 Å². The second-order valence-electron chi connectivity index (χ2n) is 11.4. The highest BCUT2D eigenvalue weighted by Gasteiger charge is 2.39. The summed E-state index contributed by atoms with van der Waals surface area (Å²) in [6.07, 6.45) is 13.8. The van der Waals surface area contributed by atoms with E-state index in [4.69, 9.17) is 0 Å². The number of rotatable bonds is 10. The molecule has 1 aliphatic rings. The summed E-state index contributed by atoms with van der Waals surface area (Å²) < 4.78 is 0. The Morgan fingerprint density at radius 3 is 2.06 bits per heavy atom. The van der Waals surface area contributed by atoms with Gasteiger partial charge in [0.05, 0.1) is 0 Å². The van der Waals surface area contributed by atoms with Crippen LogP contribution < -0.4 is 0 Å². The van der Waals surface area contributed by atoms with Crippen molar-refractivity contribution in [3.05, 3.63) is 77.9 Å². The molecule has 1 saturated carbocycles. The first-order valence-corrected chi connectivity index (χ1v) is 14.1. The lowest BCUT2D eigenvalue weighted by molar-refractivity contribution is 0.0904. The van der Waals surface area contributed by atoms with Gasteiger partial charge in [-0.25, -0.2) is 0 Å². The normalized spacial score (nSPS) is 19.4. The molecule has 34 heavy (non-hydrogen) atoms. The zero-order valence-corrected chi connectivity index (χ0v) is 23.2. The van der Waals surface area contributed by atoms with E-state index in [1.54, 1.807) is 5.56 Å². The summed E-state index contributed by atoms with van der Waals surface area (Å²) in [4.78, 5) is 0. The van der Waals surface area contributed by atoms with Crippen LogP contribution in [0.1, 0.15) is 122 Å². The van der Waals surface area contributed by atoms with Crippen molar-refractivity contribution in [1.29, 1.82) is 0 Å². The van der Waals surface area contributed by atoms with Crippen LogP contribution in [0.25, 0.3) is 5.57 Å². The van der Waals surface area contributed by atoms with Gasteiger partial charge in [-0.1, -0.05) is 127 Å². The first kappa shape index (κ1) is 28.4. The van der Waals surface area contributed by atoms with Gasteiger partial charge < -0.3 is 0 Å². The molecular formula is C34H52. The molecule has 0 bridgehead atoms. The van der Waals surface area contributed by atoms with Crippen LogP contribution in [0.4, 0.5) is 0 Å². The second-order valence-corrected chi connectivity index (χ2v) is 11.4. The van der Waals surface area contributed by atoms with Crippen molar-refractivity contribution < 1.29 is 0 Å². The van der Waals surface area contributed by atoms with Crippen molar-refractivity contribution in [3.8, 4) is 0 Å². The van der Waals surface area contributed by atoms with E-state index in [-0.39, 0.29) is 0 Å². The van der Waals surface area contributed by atoms with E-state index in [0.29, 0.717) is 11.3 Å². The zero-order valence-electron chi connectivity index (χ0n) is 23.2. The summed E-state index contributed by atoms with van der Waals surface area (Å²) in [5, 5.41) is 0. The van der Waals surface area contributed by atoms with Gasteiger partial charge in [-0.3, -0.25) is 0 Å². The van der Waals surface area contributed by atoms with E-state index in [1.165, 1.54) is 68.9 Å². The maximum atomic E-state index is 3.99. The van der Waals surface area contributed by atoms with Crippen LogP contribution in [0, 0.1) is 17.3 Å². The Morgan fingerprint density at radius 1 is 0.882 bits per heavy atom. The number of hydrogen-bond donors (Lipinski definition) is 0. The summed E-state index contributed by atoms with van der Waals surface area (Å²) in [6, 6.07) is 19.9. The lowest BCUT2D eigenvalue weighted by atomic mass is 9.60. The van der Waals surface area contributed by atoms with Crippen LogP contribution in [0.2, 0.25) is 0 Å². The average Bonchev–Trinajstić information content (AvgIpc) is 2.80. The molecule has 0 N–H and O–H groups in total. The zero-order chi connectivity index (χ0) is 25.0. The van der Waals surface area contributed by atoms with E-state index < -0.39 is 0 Å². The minimum absolute atomic E-state index is 0.627. The monoisotopic (exact) mass is 460 g/mol. The Labute approximate surface area is 212 Å². The summed E-state index contributed by atoms with van der Waals surface area (Å²) in [5.74, 6) is 2.46. The van der Waals surface area contributed by atoms with E-state index >= 15 is 0 Å². The molecule has 0 radical (unpaired) electrons. The number of benzene rings is 2. The van der Waals surface area contributed by atoms with Crippen LogP contribution >= 0.6 is 0 Å². The van der Waals surface area contributed by atoms with E-state index in [9.17, 15) is 0 Å². The third kappa shape index (κ3) is 8.75. The van der Waals surface area contributed by atoms with Crippen LogP contribution in [0.3, 0.4) is 0 Å². The van der Waals surface area contributed by atoms with E-state index in [0.717, 1.165) is 23.8 Å². The highest BCUT2D eigenvalue weighted by molar-refractivity contribution is 5.64. The molecule has 2 unspecified atom stereocenters. The van der Waals surface area contributed by atoms with Crippen molar-refractivity contribution in [2.45, 2.75) is 112 Å². The molecule has 0 nitrogen and oxygen atoms in total. The molecule has 0 aromatic heterocycles. The predicted molar refractivity (Wildman–Crippen MR) is 153 cm³/mol. The molecule has 2 atom stereocenters. The molecule has 0 heterocycles. The van der Waals surface area contributed by atoms with Crippen LogP contribution in [-0.2, 0) is 6.42 Å². The first-order chi connectivity index (χ1) is 16.3. The molecule has 0 amide bonds. The molecule has 188 valence electrons. The quantitative estimate of drug-likeness (QED) is 0.330. The Bertz CT molecular complexity index is 822. The third-order valence-corrected chi connectivity index (χ3v) is 7.65. The number of allylic oxidation sites excluding steroid dienone is 1. The Balaban J connectivity index is 0.000000270. The van der Waals surface area contributed by atoms with Gasteiger partial charge in [-0.15, -0.1) is 0 Å². The minimum atomic E-state index is 0.627. The smallest absolute Gasteiger partial charge is 0.0154 e. The van der Waals surface area contributed by atoms with Gasteiger partial charge >= 0.3 is 0 Å². The summed E-state index contributed by atoms with van der Waals surface area (Å²) in [5.41, 5.74) is 6.12. The van der Waals surface area contributed by atoms with Crippen LogP contribution in [-0.4, -0.2) is 0 Å². The molecular weight excluding hydrogens is 408 g/mol. The van der Waals surface area contributed by atoms with Gasteiger partial charge in [0.25, 0.3) is 0 Å². The van der Waals surface area contributed by atoms with Crippen molar-refractivity contribution >= 4 is 5.57 Å². The van der Waals surface area contributed by atoms with Gasteiger partial charge in [-0.2, -0.15) is 0 Å². The van der Waals surface area contributed by atoms with Gasteiger partial charge in [0.1, 0.15) is 0 Å². The molecule has 1 aliphatic carbocycles. The van der Waals surface area contributed by atoms with E-state index in [2.05, 4.69) is 103 Å². The Kier molecular flexibility index (Phi) is 12.2. The lowest BCUT2D eigenvalue weighted by Gasteiger charge is -2.45. The van der Waals surface area contributed by atoms with Crippen molar-refractivity contribution in [2.24, 2.45) is 17.3 Å². The third-order valence-electron chi connectivity index (χ3n) is 7.65. The minimum Gasteiger partial charge on any atom is -0.0955 e. The average molecular weight is 461 g/mol. The molecule has 0 spiro atoms. The van der Waals surface area contributed by atoms with Gasteiger partial charge in [-0.05, 0) is 85.3 Å². The summed E-state index contributed by atoms with van der Waals surface area (Å²) in [6.45, 7) is 17.7. The maximum Gasteiger partial charge on any atom is -0.0154 e. The van der Waals surface area contributed by atoms with Gasteiger partial charge in [0.15, 0.2) is 0 Å². The molecule has 2 aromatic carbocycles. The highest BCUT2D eigenvalue weighted by Crippen LogP contribution is 2.52. The summed E-state index contributed by atoms with van der Waals surface area (Å²) in [7, 11) is 0.